The number of halogens is 1. The Morgan fingerprint density at radius 3 is 2.29 bits per heavy atom. The molecule has 21 heavy (non-hydrogen) atoms. The zero-order chi connectivity index (χ0) is 15.5. The van der Waals surface area contributed by atoms with Gasteiger partial charge in [-0.05, 0) is 43.5 Å². The van der Waals surface area contributed by atoms with Crippen LogP contribution < -0.4 is 0 Å². The summed E-state index contributed by atoms with van der Waals surface area (Å²) in [5.41, 5.74) is 0.00198. The minimum absolute atomic E-state index is 0.0158. The van der Waals surface area contributed by atoms with Crippen LogP contribution in [-0.4, -0.2) is 35.0 Å². The second-order valence-corrected chi connectivity index (χ2v) is 6.55. The lowest BCUT2D eigenvalue weighted by molar-refractivity contribution is -0.152. The number of piperidine rings is 1. The van der Waals surface area contributed by atoms with E-state index in [1.54, 1.807) is 17.0 Å². The van der Waals surface area contributed by atoms with Crippen LogP contribution in [0.3, 0.4) is 0 Å². The standard InChI is InChI=1S/C16H20BrNO3/c1-2-7-16(15(20)21)8-10-18(11-9-16)14(19)12-3-5-13(17)6-4-12/h3-6H,2,7-11H2,1H3,(H,20,21). The molecule has 1 aliphatic heterocycles. The lowest BCUT2D eigenvalue weighted by Crippen LogP contribution is -2.46. The van der Waals surface area contributed by atoms with Crippen molar-refractivity contribution in [2.24, 2.45) is 5.41 Å². The van der Waals surface area contributed by atoms with Crippen molar-refractivity contribution in [1.29, 1.82) is 0 Å². The van der Waals surface area contributed by atoms with E-state index in [0.29, 0.717) is 37.9 Å². The predicted octanol–water partition coefficient (Wildman–Crippen LogP) is 3.56. The molecule has 1 saturated heterocycles. The summed E-state index contributed by atoms with van der Waals surface area (Å²) in [4.78, 5) is 25.7. The molecule has 2 rings (SSSR count). The van der Waals surface area contributed by atoms with E-state index in [2.05, 4.69) is 15.9 Å². The number of carbonyl (C=O) groups is 2. The SMILES string of the molecule is CCCC1(C(=O)O)CCN(C(=O)c2ccc(Br)cc2)CC1. The summed E-state index contributed by atoms with van der Waals surface area (Å²) in [5.74, 6) is -0.738. The first kappa shape index (κ1) is 16.0. The van der Waals surface area contributed by atoms with E-state index in [-0.39, 0.29) is 5.91 Å². The summed E-state index contributed by atoms with van der Waals surface area (Å²) < 4.78 is 0.936. The van der Waals surface area contributed by atoms with Crippen molar-refractivity contribution >= 4 is 27.8 Å². The number of carboxylic acids is 1. The number of hydrogen-bond acceptors (Lipinski definition) is 2. The highest BCUT2D eigenvalue weighted by molar-refractivity contribution is 9.10. The fraction of sp³-hybridized carbons (Fsp3) is 0.500. The van der Waals surface area contributed by atoms with E-state index in [1.807, 2.05) is 19.1 Å². The van der Waals surface area contributed by atoms with E-state index < -0.39 is 11.4 Å². The highest BCUT2D eigenvalue weighted by Gasteiger charge is 2.41. The molecule has 1 aliphatic rings. The Labute approximate surface area is 133 Å². The van der Waals surface area contributed by atoms with Crippen LogP contribution in [0.25, 0.3) is 0 Å². The summed E-state index contributed by atoms with van der Waals surface area (Å²) in [6.45, 7) is 3.03. The van der Waals surface area contributed by atoms with Crippen LogP contribution in [-0.2, 0) is 4.79 Å². The average Bonchev–Trinajstić information content (AvgIpc) is 2.48. The van der Waals surface area contributed by atoms with Crippen molar-refractivity contribution in [2.75, 3.05) is 13.1 Å². The molecule has 0 saturated carbocycles. The van der Waals surface area contributed by atoms with Gasteiger partial charge in [0.05, 0.1) is 5.41 Å². The van der Waals surface area contributed by atoms with Crippen LogP contribution in [0, 0.1) is 5.41 Å². The first-order valence-electron chi connectivity index (χ1n) is 7.27. The Hall–Kier alpha value is -1.36. The van der Waals surface area contributed by atoms with E-state index in [9.17, 15) is 14.7 Å². The van der Waals surface area contributed by atoms with Gasteiger partial charge in [0.1, 0.15) is 0 Å². The molecule has 0 unspecified atom stereocenters. The lowest BCUT2D eigenvalue weighted by Gasteiger charge is -2.38. The fourth-order valence-corrected chi connectivity index (χ4v) is 3.23. The molecule has 114 valence electrons. The third kappa shape index (κ3) is 3.46. The Morgan fingerprint density at radius 2 is 1.81 bits per heavy atom. The molecule has 5 heteroatoms. The Morgan fingerprint density at radius 1 is 1.24 bits per heavy atom. The Kier molecular flexibility index (Phi) is 5.04. The smallest absolute Gasteiger partial charge is 0.309 e. The molecule has 4 nitrogen and oxygen atoms in total. The largest absolute Gasteiger partial charge is 0.481 e. The van der Waals surface area contributed by atoms with Crippen LogP contribution in [0.2, 0.25) is 0 Å². The summed E-state index contributed by atoms with van der Waals surface area (Å²) in [6, 6.07) is 7.26. The molecular formula is C16H20BrNO3. The fourth-order valence-electron chi connectivity index (χ4n) is 2.96. The number of hydrogen-bond donors (Lipinski definition) is 1. The number of carbonyl (C=O) groups excluding carboxylic acids is 1. The van der Waals surface area contributed by atoms with Gasteiger partial charge in [-0.3, -0.25) is 9.59 Å². The quantitative estimate of drug-likeness (QED) is 0.900. The second kappa shape index (κ2) is 6.60. The van der Waals surface area contributed by atoms with Crippen molar-refractivity contribution < 1.29 is 14.7 Å². The third-order valence-electron chi connectivity index (χ3n) is 4.28. The molecule has 1 heterocycles. The van der Waals surface area contributed by atoms with Gasteiger partial charge < -0.3 is 10.0 Å². The molecule has 0 spiro atoms. The molecule has 0 bridgehead atoms. The molecule has 0 aromatic heterocycles. The van der Waals surface area contributed by atoms with Crippen LogP contribution in [0.4, 0.5) is 0 Å². The molecule has 0 aliphatic carbocycles. The van der Waals surface area contributed by atoms with Gasteiger partial charge in [-0.1, -0.05) is 29.3 Å². The minimum Gasteiger partial charge on any atom is -0.481 e. The van der Waals surface area contributed by atoms with Crippen LogP contribution in [0.15, 0.2) is 28.7 Å². The average molecular weight is 354 g/mol. The number of benzene rings is 1. The normalized spacial score (nSPS) is 17.5. The summed E-state index contributed by atoms with van der Waals surface area (Å²) in [6.07, 6.45) is 2.62. The Balaban J connectivity index is 2.04. The van der Waals surface area contributed by atoms with Gasteiger partial charge in [0.25, 0.3) is 5.91 Å². The van der Waals surface area contributed by atoms with Gasteiger partial charge in [0, 0.05) is 23.1 Å². The van der Waals surface area contributed by atoms with Gasteiger partial charge in [-0.2, -0.15) is 0 Å². The minimum atomic E-state index is -0.722. The van der Waals surface area contributed by atoms with Gasteiger partial charge in [0.2, 0.25) is 0 Å². The summed E-state index contributed by atoms with van der Waals surface area (Å²) >= 11 is 3.35. The summed E-state index contributed by atoms with van der Waals surface area (Å²) in [7, 11) is 0. The van der Waals surface area contributed by atoms with E-state index in [0.717, 1.165) is 10.9 Å². The van der Waals surface area contributed by atoms with Gasteiger partial charge in [0.15, 0.2) is 0 Å². The Bertz CT molecular complexity index is 519. The predicted molar refractivity (Wildman–Crippen MR) is 84.3 cm³/mol. The van der Waals surface area contributed by atoms with Crippen molar-refractivity contribution in [3.63, 3.8) is 0 Å². The monoisotopic (exact) mass is 353 g/mol. The molecule has 1 fully saturated rings. The van der Waals surface area contributed by atoms with E-state index >= 15 is 0 Å². The molecule has 1 N–H and O–H groups in total. The number of carboxylic acid groups (broad SMARTS) is 1. The number of aliphatic carboxylic acids is 1. The third-order valence-corrected chi connectivity index (χ3v) is 4.81. The molecule has 1 aromatic rings. The second-order valence-electron chi connectivity index (χ2n) is 5.63. The highest BCUT2D eigenvalue weighted by Crippen LogP contribution is 2.36. The van der Waals surface area contributed by atoms with Crippen molar-refractivity contribution in [3.8, 4) is 0 Å². The van der Waals surface area contributed by atoms with E-state index in [4.69, 9.17) is 0 Å². The van der Waals surface area contributed by atoms with Crippen LogP contribution >= 0.6 is 15.9 Å². The first-order chi connectivity index (χ1) is 9.98. The maximum atomic E-state index is 12.4. The zero-order valence-corrected chi connectivity index (χ0v) is 13.7. The number of likely N-dealkylation sites (tertiary alicyclic amines) is 1. The molecule has 1 amide bonds. The maximum Gasteiger partial charge on any atom is 0.309 e. The number of nitrogens with zero attached hydrogens (tertiary/aromatic N) is 1. The maximum absolute atomic E-state index is 12.4. The van der Waals surface area contributed by atoms with Gasteiger partial charge in [-0.15, -0.1) is 0 Å². The van der Waals surface area contributed by atoms with Gasteiger partial charge >= 0.3 is 5.97 Å². The zero-order valence-electron chi connectivity index (χ0n) is 12.1. The number of rotatable bonds is 4. The van der Waals surface area contributed by atoms with Crippen LogP contribution in [0.5, 0.6) is 0 Å². The van der Waals surface area contributed by atoms with Crippen molar-refractivity contribution in [3.05, 3.63) is 34.3 Å². The van der Waals surface area contributed by atoms with Crippen molar-refractivity contribution in [1.82, 2.24) is 4.90 Å². The van der Waals surface area contributed by atoms with E-state index in [1.165, 1.54) is 0 Å². The van der Waals surface area contributed by atoms with Crippen molar-refractivity contribution in [2.45, 2.75) is 32.6 Å². The van der Waals surface area contributed by atoms with Crippen LogP contribution in [0.1, 0.15) is 43.0 Å². The number of amides is 1. The lowest BCUT2D eigenvalue weighted by atomic mass is 9.75. The molecule has 1 aromatic carbocycles. The highest BCUT2D eigenvalue weighted by atomic mass is 79.9. The van der Waals surface area contributed by atoms with Gasteiger partial charge in [-0.25, -0.2) is 0 Å². The first-order valence-corrected chi connectivity index (χ1v) is 8.06. The molecule has 0 radical (unpaired) electrons. The molecule has 0 atom stereocenters. The topological polar surface area (TPSA) is 57.6 Å². The molecular weight excluding hydrogens is 334 g/mol. The summed E-state index contributed by atoms with van der Waals surface area (Å²) in [5, 5.41) is 9.48.